The smallest absolute Gasteiger partial charge is 0.330 e. The molecule has 0 radical (unpaired) electrons. The molecule has 156 valence electrons. The summed E-state index contributed by atoms with van der Waals surface area (Å²) in [5.74, 6) is -1.93. The molecule has 1 heterocycles. The van der Waals surface area contributed by atoms with E-state index >= 15 is 0 Å². The minimum absolute atomic E-state index is 0.0903. The Morgan fingerprint density at radius 1 is 1.34 bits per heavy atom. The highest BCUT2D eigenvalue weighted by molar-refractivity contribution is 6.30. The maximum atomic E-state index is 12.3. The highest BCUT2D eigenvalue weighted by atomic mass is 35.5. The maximum absolute atomic E-state index is 12.3. The van der Waals surface area contributed by atoms with Gasteiger partial charge in [-0.15, -0.1) is 0 Å². The molecule has 29 heavy (non-hydrogen) atoms. The van der Waals surface area contributed by atoms with Gasteiger partial charge in [-0.1, -0.05) is 23.7 Å². The Labute approximate surface area is 174 Å². The fourth-order valence-corrected chi connectivity index (χ4v) is 3.11. The van der Waals surface area contributed by atoms with Crippen LogP contribution in [0.4, 0.5) is 5.69 Å². The molecule has 0 bridgehead atoms. The van der Waals surface area contributed by atoms with Crippen molar-refractivity contribution >= 4 is 41.0 Å². The fraction of sp³-hybridized carbons (Fsp3) is 0.400. The normalized spacial score (nSPS) is 16.9. The van der Waals surface area contributed by atoms with Gasteiger partial charge in [-0.05, 0) is 38.0 Å². The van der Waals surface area contributed by atoms with Crippen LogP contribution in [0.3, 0.4) is 0 Å². The quantitative estimate of drug-likeness (QED) is 0.319. The summed E-state index contributed by atoms with van der Waals surface area (Å²) in [7, 11) is 0. The Balaban J connectivity index is 1.94. The highest BCUT2D eigenvalue weighted by Crippen LogP contribution is 2.17. The second kappa shape index (κ2) is 11.2. The number of hydrogen-bond acceptors (Lipinski definition) is 5. The molecule has 1 aliphatic rings. The van der Waals surface area contributed by atoms with Crippen LogP contribution in [-0.2, 0) is 23.9 Å². The van der Waals surface area contributed by atoms with Gasteiger partial charge in [0.05, 0.1) is 6.61 Å². The molecule has 1 fully saturated rings. The van der Waals surface area contributed by atoms with Gasteiger partial charge in [0.25, 0.3) is 0 Å². The van der Waals surface area contributed by atoms with Crippen LogP contribution in [0.15, 0.2) is 36.4 Å². The Morgan fingerprint density at radius 2 is 2.14 bits per heavy atom. The highest BCUT2D eigenvalue weighted by Gasteiger charge is 2.27. The van der Waals surface area contributed by atoms with Crippen LogP contribution in [0.5, 0.6) is 0 Å². The second-order valence-corrected chi connectivity index (χ2v) is 6.97. The summed E-state index contributed by atoms with van der Waals surface area (Å²) >= 11 is 5.87. The van der Waals surface area contributed by atoms with Gasteiger partial charge in [0, 0.05) is 35.3 Å². The summed E-state index contributed by atoms with van der Waals surface area (Å²) in [6, 6.07) is 6.00. The molecule has 8 nitrogen and oxygen atoms in total. The van der Waals surface area contributed by atoms with Gasteiger partial charge >= 0.3 is 5.97 Å². The molecule has 1 aromatic carbocycles. The monoisotopic (exact) mass is 421 g/mol. The second-order valence-electron chi connectivity index (χ2n) is 6.53. The minimum atomic E-state index is -0.584. The largest absolute Gasteiger partial charge is 0.463 e. The van der Waals surface area contributed by atoms with Crippen molar-refractivity contribution in [3.8, 4) is 0 Å². The van der Waals surface area contributed by atoms with E-state index in [0.29, 0.717) is 30.1 Å². The van der Waals surface area contributed by atoms with Crippen molar-refractivity contribution in [2.45, 2.75) is 32.2 Å². The number of hydrogen-bond donors (Lipinski definition) is 3. The van der Waals surface area contributed by atoms with Crippen LogP contribution in [-0.4, -0.2) is 42.9 Å². The number of carbonyl (C=O) groups excluding carboxylic acids is 4. The SMILES string of the molecule is CCOC(=O)/C=C/C(CC1CCNC1=O)NC(=O)CC(=O)Nc1cccc(Cl)c1. The van der Waals surface area contributed by atoms with E-state index < -0.39 is 30.2 Å². The number of rotatable bonds is 9. The average molecular weight is 422 g/mol. The van der Waals surface area contributed by atoms with Crippen molar-refractivity contribution in [3.05, 3.63) is 41.4 Å². The number of amides is 3. The Hall–Kier alpha value is -2.87. The minimum Gasteiger partial charge on any atom is -0.463 e. The van der Waals surface area contributed by atoms with Gasteiger partial charge in [-0.25, -0.2) is 4.79 Å². The molecule has 0 spiro atoms. The number of anilines is 1. The zero-order valence-corrected chi connectivity index (χ0v) is 16.8. The van der Waals surface area contributed by atoms with Gasteiger partial charge in [0.15, 0.2) is 0 Å². The summed E-state index contributed by atoms with van der Waals surface area (Å²) in [5, 5.41) is 8.48. The molecular weight excluding hydrogens is 398 g/mol. The van der Waals surface area contributed by atoms with Crippen LogP contribution >= 0.6 is 11.6 Å². The van der Waals surface area contributed by atoms with Gasteiger partial charge < -0.3 is 20.7 Å². The molecule has 0 aliphatic carbocycles. The standard InChI is InChI=1S/C20H24ClN3O5/c1-2-29-19(27)7-6-16(10-13-8-9-22-20(13)28)24-18(26)12-17(25)23-15-5-3-4-14(21)11-15/h3-7,11,13,16H,2,8-10,12H2,1H3,(H,22,28)(H,23,25)(H,24,26)/b7-6+. The first-order valence-corrected chi connectivity index (χ1v) is 9.72. The van der Waals surface area contributed by atoms with Crippen molar-refractivity contribution in [2.24, 2.45) is 5.92 Å². The van der Waals surface area contributed by atoms with Crippen molar-refractivity contribution in [1.29, 1.82) is 0 Å². The number of carbonyl (C=O) groups is 4. The number of benzene rings is 1. The number of halogens is 1. The lowest BCUT2D eigenvalue weighted by atomic mass is 9.98. The first-order valence-electron chi connectivity index (χ1n) is 9.34. The van der Waals surface area contributed by atoms with E-state index in [-0.39, 0.29) is 18.4 Å². The van der Waals surface area contributed by atoms with Gasteiger partial charge in [-0.3, -0.25) is 14.4 Å². The van der Waals surface area contributed by atoms with Crippen molar-refractivity contribution < 1.29 is 23.9 Å². The molecule has 2 unspecified atom stereocenters. The number of ether oxygens (including phenoxy) is 1. The average Bonchev–Trinajstić information content (AvgIpc) is 3.04. The van der Waals surface area contributed by atoms with E-state index in [4.69, 9.17) is 16.3 Å². The van der Waals surface area contributed by atoms with E-state index in [9.17, 15) is 19.2 Å². The van der Waals surface area contributed by atoms with E-state index in [1.165, 1.54) is 12.2 Å². The first-order chi connectivity index (χ1) is 13.9. The van der Waals surface area contributed by atoms with Gasteiger partial charge in [0.1, 0.15) is 6.42 Å². The molecule has 0 saturated carbocycles. The number of nitrogens with one attached hydrogen (secondary N) is 3. The van der Waals surface area contributed by atoms with Crippen LogP contribution < -0.4 is 16.0 Å². The molecule has 0 aromatic heterocycles. The van der Waals surface area contributed by atoms with Crippen LogP contribution in [0.2, 0.25) is 5.02 Å². The lowest BCUT2D eigenvalue weighted by molar-refractivity contribution is -0.137. The van der Waals surface area contributed by atoms with E-state index in [1.54, 1.807) is 31.2 Å². The molecule has 3 N–H and O–H groups in total. The zero-order chi connectivity index (χ0) is 21.2. The zero-order valence-electron chi connectivity index (χ0n) is 16.1. The predicted molar refractivity (Wildman–Crippen MR) is 108 cm³/mol. The summed E-state index contributed by atoms with van der Waals surface area (Å²) in [5.41, 5.74) is 0.483. The van der Waals surface area contributed by atoms with Crippen LogP contribution in [0.25, 0.3) is 0 Å². The summed E-state index contributed by atoms with van der Waals surface area (Å²) < 4.78 is 4.84. The molecule has 2 atom stereocenters. The Bertz CT molecular complexity index is 796. The fourth-order valence-electron chi connectivity index (χ4n) is 2.92. The lowest BCUT2D eigenvalue weighted by Gasteiger charge is -2.18. The third-order valence-corrected chi connectivity index (χ3v) is 4.46. The van der Waals surface area contributed by atoms with Gasteiger partial charge in [-0.2, -0.15) is 0 Å². The summed E-state index contributed by atoms with van der Waals surface area (Å²) in [6.45, 7) is 2.50. The predicted octanol–water partition coefficient (Wildman–Crippen LogP) is 1.80. The van der Waals surface area contributed by atoms with Crippen molar-refractivity contribution in [2.75, 3.05) is 18.5 Å². The van der Waals surface area contributed by atoms with E-state index in [2.05, 4.69) is 16.0 Å². The maximum Gasteiger partial charge on any atom is 0.330 e. The summed E-state index contributed by atoms with van der Waals surface area (Å²) in [4.78, 5) is 47.8. The van der Waals surface area contributed by atoms with E-state index in [0.717, 1.165) is 0 Å². The molecule has 1 aliphatic heterocycles. The lowest BCUT2D eigenvalue weighted by Crippen LogP contribution is -2.38. The molecule has 3 amide bonds. The van der Waals surface area contributed by atoms with Crippen LogP contribution in [0, 0.1) is 5.92 Å². The van der Waals surface area contributed by atoms with Crippen molar-refractivity contribution in [3.63, 3.8) is 0 Å². The third-order valence-electron chi connectivity index (χ3n) is 4.23. The molecule has 2 rings (SSSR count). The summed E-state index contributed by atoms with van der Waals surface area (Å²) in [6.07, 6.45) is 3.26. The molecule has 9 heteroatoms. The molecule has 1 saturated heterocycles. The molecule has 1 aromatic rings. The van der Waals surface area contributed by atoms with Crippen LogP contribution in [0.1, 0.15) is 26.2 Å². The molecular formula is C20H24ClN3O5. The van der Waals surface area contributed by atoms with Gasteiger partial charge in [0.2, 0.25) is 17.7 Å². The third kappa shape index (κ3) is 7.95. The van der Waals surface area contributed by atoms with Crippen molar-refractivity contribution in [1.82, 2.24) is 10.6 Å². The topological polar surface area (TPSA) is 114 Å². The Kier molecular flexibility index (Phi) is 8.67. The first kappa shape index (κ1) is 22.4. The van der Waals surface area contributed by atoms with E-state index in [1.807, 2.05) is 0 Å². The Morgan fingerprint density at radius 3 is 2.79 bits per heavy atom. The number of esters is 1.